The van der Waals surface area contributed by atoms with E-state index >= 15 is 0 Å². The third-order valence-corrected chi connectivity index (χ3v) is 5.77. The van der Waals surface area contributed by atoms with Crippen LogP contribution in [-0.2, 0) is 13.0 Å². The summed E-state index contributed by atoms with van der Waals surface area (Å²) >= 11 is 0. The second kappa shape index (κ2) is 8.43. The number of halogens is 1. The maximum absolute atomic E-state index is 14.4. The predicted octanol–water partition coefficient (Wildman–Crippen LogP) is 1.70. The molecular formula is C22H25FN6O2. The van der Waals surface area contributed by atoms with Gasteiger partial charge in [-0.1, -0.05) is 6.92 Å². The molecule has 1 aliphatic rings. The molecule has 0 aromatic carbocycles. The zero-order valence-corrected chi connectivity index (χ0v) is 17.8. The molecule has 1 saturated heterocycles. The van der Waals surface area contributed by atoms with E-state index in [-0.39, 0.29) is 17.3 Å². The molecule has 9 heteroatoms. The van der Waals surface area contributed by atoms with E-state index in [1.165, 1.54) is 13.1 Å². The van der Waals surface area contributed by atoms with Crippen LogP contribution in [0.15, 0.2) is 35.3 Å². The second-order valence-corrected chi connectivity index (χ2v) is 7.80. The molecule has 0 spiro atoms. The Morgan fingerprint density at radius 1 is 1.35 bits per heavy atom. The third kappa shape index (κ3) is 4.13. The van der Waals surface area contributed by atoms with Crippen LogP contribution in [-0.4, -0.2) is 59.0 Å². The number of likely N-dealkylation sites (tertiary alicyclic amines) is 1. The van der Waals surface area contributed by atoms with E-state index in [0.717, 1.165) is 35.2 Å². The summed E-state index contributed by atoms with van der Waals surface area (Å²) in [6.07, 6.45) is 2.50. The fourth-order valence-electron chi connectivity index (χ4n) is 3.83. The number of aromatic nitrogens is 3. The van der Waals surface area contributed by atoms with Gasteiger partial charge in [-0.05, 0) is 36.2 Å². The Hall–Kier alpha value is -3.33. The number of nitrogens with zero attached hydrogens (tertiary/aromatic N) is 4. The van der Waals surface area contributed by atoms with Gasteiger partial charge < -0.3 is 15.2 Å². The molecule has 3 aromatic rings. The van der Waals surface area contributed by atoms with Gasteiger partial charge in [0.25, 0.3) is 11.5 Å². The van der Waals surface area contributed by atoms with Gasteiger partial charge >= 0.3 is 0 Å². The molecule has 0 radical (unpaired) electrons. The van der Waals surface area contributed by atoms with Gasteiger partial charge in [-0.2, -0.15) is 4.39 Å². The molecular weight excluding hydrogens is 399 g/mol. The summed E-state index contributed by atoms with van der Waals surface area (Å²) in [5, 5.41) is 2.44. The molecule has 0 unspecified atom stereocenters. The number of hydrogen-bond acceptors (Lipinski definition) is 6. The Labute approximate surface area is 179 Å². The number of likely N-dealkylation sites (N-methyl/N-ethyl adjacent to an activating group) is 1. The maximum Gasteiger partial charge on any atom is 0.269 e. The van der Waals surface area contributed by atoms with Gasteiger partial charge in [0.1, 0.15) is 5.69 Å². The molecule has 4 rings (SSSR count). The van der Waals surface area contributed by atoms with E-state index in [0.29, 0.717) is 18.7 Å². The first-order valence-electron chi connectivity index (χ1n) is 10.2. The summed E-state index contributed by atoms with van der Waals surface area (Å²) in [6, 6.07) is 7.05. The van der Waals surface area contributed by atoms with Crippen LogP contribution in [0.2, 0.25) is 0 Å². The lowest BCUT2D eigenvalue weighted by Gasteiger charge is -2.44. The Bertz CT molecular complexity index is 1190. The summed E-state index contributed by atoms with van der Waals surface area (Å²) in [4.78, 5) is 38.9. The van der Waals surface area contributed by atoms with Gasteiger partial charge in [-0.25, -0.2) is 4.98 Å². The zero-order chi connectivity index (χ0) is 22.1. The van der Waals surface area contributed by atoms with Crippen molar-refractivity contribution in [3.63, 3.8) is 0 Å². The first-order chi connectivity index (χ1) is 14.9. The topological polar surface area (TPSA) is 94.2 Å². The molecule has 1 aliphatic heterocycles. The quantitative estimate of drug-likeness (QED) is 0.585. The normalized spacial score (nSPS) is 14.5. The molecule has 8 nitrogen and oxygen atoms in total. The lowest BCUT2D eigenvalue weighted by molar-refractivity contribution is 0.0957. The number of aromatic amines is 1. The van der Waals surface area contributed by atoms with Gasteiger partial charge in [0, 0.05) is 45.5 Å². The first-order valence-corrected chi connectivity index (χ1v) is 10.2. The van der Waals surface area contributed by atoms with Crippen molar-refractivity contribution in [3.05, 3.63) is 63.6 Å². The number of carbonyl (C=O) groups is 1. The van der Waals surface area contributed by atoms with Crippen LogP contribution in [0.3, 0.4) is 0 Å². The van der Waals surface area contributed by atoms with E-state index in [9.17, 15) is 14.0 Å². The molecule has 2 N–H and O–H groups in total. The summed E-state index contributed by atoms with van der Waals surface area (Å²) in [7, 11) is 3.31. The standard InChI is InChI=1S/C22H25FN6O2/c1-4-14-8-17-18(27-21(14)30)7-13(9-25-17)10-29-11-15(12-29)28(3)19-6-5-16(22(31)24-2)26-20(19)23/h5-9,15H,4,10-12H2,1-3H3,(H,24,31)(H,27,30). The minimum atomic E-state index is -0.656. The Morgan fingerprint density at radius 3 is 2.81 bits per heavy atom. The number of H-pyrrole nitrogens is 1. The van der Waals surface area contributed by atoms with Crippen molar-refractivity contribution in [2.45, 2.75) is 25.9 Å². The highest BCUT2D eigenvalue weighted by Gasteiger charge is 2.31. The molecule has 1 fully saturated rings. The van der Waals surface area contributed by atoms with Crippen LogP contribution in [0.25, 0.3) is 11.0 Å². The highest BCUT2D eigenvalue weighted by atomic mass is 19.1. The maximum atomic E-state index is 14.4. The molecule has 0 atom stereocenters. The highest BCUT2D eigenvalue weighted by molar-refractivity contribution is 5.92. The number of aryl methyl sites for hydroxylation is 1. The van der Waals surface area contributed by atoms with Crippen LogP contribution in [0, 0.1) is 5.95 Å². The number of hydrogen-bond donors (Lipinski definition) is 2. The van der Waals surface area contributed by atoms with Crippen molar-refractivity contribution in [2.24, 2.45) is 0 Å². The monoisotopic (exact) mass is 424 g/mol. The number of nitrogens with one attached hydrogen (secondary N) is 2. The van der Waals surface area contributed by atoms with Gasteiger partial charge in [0.05, 0.1) is 22.8 Å². The number of amides is 1. The van der Waals surface area contributed by atoms with Crippen molar-refractivity contribution < 1.29 is 9.18 Å². The van der Waals surface area contributed by atoms with Gasteiger partial charge in [-0.3, -0.25) is 19.5 Å². The summed E-state index contributed by atoms with van der Waals surface area (Å²) in [5.74, 6) is -1.07. The van der Waals surface area contributed by atoms with E-state index in [4.69, 9.17) is 0 Å². The van der Waals surface area contributed by atoms with Gasteiger partial charge in [-0.15, -0.1) is 0 Å². The molecule has 162 valence electrons. The molecule has 31 heavy (non-hydrogen) atoms. The van der Waals surface area contributed by atoms with E-state index in [1.54, 1.807) is 6.07 Å². The minimum Gasteiger partial charge on any atom is -0.365 e. The highest BCUT2D eigenvalue weighted by Crippen LogP contribution is 2.25. The van der Waals surface area contributed by atoms with Crippen molar-refractivity contribution in [3.8, 4) is 0 Å². The first kappa shape index (κ1) is 20.9. The Kier molecular flexibility index (Phi) is 5.69. The summed E-state index contributed by atoms with van der Waals surface area (Å²) < 4.78 is 14.4. The molecule has 4 heterocycles. The van der Waals surface area contributed by atoms with Gasteiger partial charge in [0.2, 0.25) is 5.95 Å². The van der Waals surface area contributed by atoms with E-state index in [2.05, 4.69) is 25.2 Å². The lowest BCUT2D eigenvalue weighted by atomic mass is 10.1. The number of carbonyl (C=O) groups excluding carboxylic acids is 1. The lowest BCUT2D eigenvalue weighted by Crippen LogP contribution is -2.58. The van der Waals surface area contributed by atoms with Crippen LogP contribution in [0.1, 0.15) is 28.5 Å². The fraction of sp³-hybridized carbons (Fsp3) is 0.364. The average molecular weight is 424 g/mol. The largest absolute Gasteiger partial charge is 0.365 e. The van der Waals surface area contributed by atoms with Crippen molar-refractivity contribution >= 4 is 22.6 Å². The number of fused-ring (bicyclic) bond motifs is 1. The smallest absolute Gasteiger partial charge is 0.269 e. The number of pyridine rings is 3. The van der Waals surface area contributed by atoms with Crippen molar-refractivity contribution in [1.29, 1.82) is 0 Å². The average Bonchev–Trinajstić information content (AvgIpc) is 2.74. The third-order valence-electron chi connectivity index (χ3n) is 5.77. The second-order valence-electron chi connectivity index (χ2n) is 7.80. The van der Waals surface area contributed by atoms with Crippen LogP contribution in [0.4, 0.5) is 10.1 Å². The summed E-state index contributed by atoms with van der Waals surface area (Å²) in [5.41, 5.74) is 3.61. The molecule has 0 aliphatic carbocycles. The summed E-state index contributed by atoms with van der Waals surface area (Å²) in [6.45, 7) is 4.16. The van der Waals surface area contributed by atoms with Crippen LogP contribution < -0.4 is 15.8 Å². The molecule has 0 saturated carbocycles. The predicted molar refractivity (Wildman–Crippen MR) is 117 cm³/mol. The van der Waals surface area contributed by atoms with Crippen molar-refractivity contribution in [1.82, 2.24) is 25.2 Å². The van der Waals surface area contributed by atoms with E-state index < -0.39 is 11.9 Å². The van der Waals surface area contributed by atoms with Crippen molar-refractivity contribution in [2.75, 3.05) is 32.1 Å². The number of rotatable bonds is 6. The molecule has 1 amide bonds. The van der Waals surface area contributed by atoms with Gasteiger partial charge in [0.15, 0.2) is 0 Å². The Morgan fingerprint density at radius 2 is 2.13 bits per heavy atom. The zero-order valence-electron chi connectivity index (χ0n) is 17.8. The number of anilines is 1. The van der Waals surface area contributed by atoms with E-state index in [1.807, 2.05) is 37.2 Å². The van der Waals surface area contributed by atoms with Crippen LogP contribution >= 0.6 is 0 Å². The SMILES string of the molecule is CCc1cc2ncc(CN3CC(N(C)c4ccc(C(=O)NC)nc4F)C3)cc2[nH]c1=O. The fourth-order valence-corrected chi connectivity index (χ4v) is 3.83. The molecule has 3 aromatic heterocycles. The molecule has 0 bridgehead atoms. The Balaban J connectivity index is 1.40. The van der Waals surface area contributed by atoms with Crippen LogP contribution in [0.5, 0.6) is 0 Å². The minimum absolute atomic E-state index is 0.0558.